The van der Waals surface area contributed by atoms with Crippen molar-refractivity contribution in [3.63, 3.8) is 0 Å². The molecule has 0 spiro atoms. The van der Waals surface area contributed by atoms with Crippen LogP contribution in [0, 0.1) is 0 Å². The van der Waals surface area contributed by atoms with Crippen molar-refractivity contribution in [2.45, 2.75) is 0 Å². The van der Waals surface area contributed by atoms with Crippen LogP contribution in [0.4, 0.5) is 11.6 Å². The number of methoxy groups -OCH3 is 2. The lowest BCUT2D eigenvalue weighted by atomic mass is 10.0. The van der Waals surface area contributed by atoms with Gasteiger partial charge in [0.05, 0.1) is 31.0 Å². The number of ether oxygens (including phenoxy) is 2. The van der Waals surface area contributed by atoms with Crippen molar-refractivity contribution in [2.24, 2.45) is 0 Å². The molecule has 38 heavy (non-hydrogen) atoms. The summed E-state index contributed by atoms with van der Waals surface area (Å²) in [5.74, 6) is 2.52. The Kier molecular flexibility index (Phi) is 6.11. The molecule has 0 fully saturated rings. The summed E-state index contributed by atoms with van der Waals surface area (Å²) in [6.07, 6.45) is 3.49. The number of nitrogens with zero attached hydrogens (tertiary/aromatic N) is 5. The molecule has 0 bridgehead atoms. The van der Waals surface area contributed by atoms with Crippen LogP contribution in [-0.4, -0.2) is 38.8 Å². The van der Waals surface area contributed by atoms with Crippen LogP contribution >= 0.6 is 0 Å². The molecular formula is C30H24N6O2. The second kappa shape index (κ2) is 10.0. The van der Waals surface area contributed by atoms with E-state index in [-0.39, 0.29) is 0 Å². The summed E-state index contributed by atoms with van der Waals surface area (Å²) in [7, 11) is 3.28. The normalized spacial score (nSPS) is 10.9. The first-order chi connectivity index (χ1) is 18.8. The number of nitrogens with one attached hydrogen (secondary N) is 1. The number of aromatic nitrogens is 5. The van der Waals surface area contributed by atoms with E-state index in [1.807, 2.05) is 91.0 Å². The Bertz CT molecular complexity index is 1690. The Balaban J connectivity index is 1.69. The van der Waals surface area contributed by atoms with Crippen molar-refractivity contribution in [3.8, 4) is 45.3 Å². The molecule has 0 aliphatic carbocycles. The topological polar surface area (TPSA) is 86.5 Å². The predicted octanol–water partition coefficient (Wildman–Crippen LogP) is 6.28. The maximum Gasteiger partial charge on any atom is 0.228 e. The average Bonchev–Trinajstić information content (AvgIpc) is 3.37. The third kappa shape index (κ3) is 4.18. The number of hydrogen-bond donors (Lipinski definition) is 1. The van der Waals surface area contributed by atoms with Gasteiger partial charge >= 0.3 is 0 Å². The molecule has 0 saturated carbocycles. The largest absolute Gasteiger partial charge is 0.497 e. The molecule has 6 aromatic rings. The molecule has 6 rings (SSSR count). The first-order valence-electron chi connectivity index (χ1n) is 12.1. The van der Waals surface area contributed by atoms with Gasteiger partial charge in [-0.1, -0.05) is 54.6 Å². The van der Waals surface area contributed by atoms with Crippen LogP contribution in [0.5, 0.6) is 11.6 Å². The summed E-state index contributed by atoms with van der Waals surface area (Å²) >= 11 is 0. The Labute approximate surface area is 219 Å². The lowest BCUT2D eigenvalue weighted by Gasteiger charge is -2.16. The molecule has 0 radical (unpaired) electrons. The van der Waals surface area contributed by atoms with Gasteiger partial charge < -0.3 is 14.8 Å². The summed E-state index contributed by atoms with van der Waals surface area (Å²) in [6, 6.07) is 29.3. The summed E-state index contributed by atoms with van der Waals surface area (Å²) < 4.78 is 13.2. The Hall–Kier alpha value is -5.24. The molecule has 8 nitrogen and oxygen atoms in total. The Morgan fingerprint density at radius 2 is 1.39 bits per heavy atom. The highest BCUT2D eigenvalue weighted by Crippen LogP contribution is 2.42. The molecule has 2 aromatic carbocycles. The minimum absolute atomic E-state index is 0.526. The Morgan fingerprint density at radius 1 is 0.684 bits per heavy atom. The van der Waals surface area contributed by atoms with Gasteiger partial charge in [0, 0.05) is 12.4 Å². The molecule has 186 valence electrons. The van der Waals surface area contributed by atoms with E-state index in [9.17, 15) is 0 Å². The van der Waals surface area contributed by atoms with E-state index < -0.39 is 0 Å². The molecule has 1 N–H and O–H groups in total. The fraction of sp³-hybridized carbons (Fsp3) is 0.0667. The average molecular weight is 501 g/mol. The van der Waals surface area contributed by atoms with Gasteiger partial charge in [0.1, 0.15) is 23.1 Å². The molecule has 0 unspecified atom stereocenters. The standard InChI is InChI=1S/C30H24N6O2/c1-37-22-16-14-21(15-17-22)26-28(33-24-13-7-9-19-32-24)34-29-25(20-10-4-3-5-11-20)27(23-12-6-8-18-31-23)35-36(29)30(26)38-2/h3-19H,1-2H3,(H,32,33,34). The fourth-order valence-electron chi connectivity index (χ4n) is 4.43. The monoisotopic (exact) mass is 500 g/mol. The highest BCUT2D eigenvalue weighted by atomic mass is 16.5. The molecule has 8 heteroatoms. The minimum Gasteiger partial charge on any atom is -0.497 e. The van der Waals surface area contributed by atoms with E-state index in [1.165, 1.54) is 0 Å². The smallest absolute Gasteiger partial charge is 0.228 e. The summed E-state index contributed by atoms with van der Waals surface area (Å²) in [5.41, 5.74) is 5.52. The van der Waals surface area contributed by atoms with Crippen molar-refractivity contribution in [1.82, 2.24) is 24.6 Å². The van der Waals surface area contributed by atoms with E-state index in [4.69, 9.17) is 19.6 Å². The third-order valence-corrected chi connectivity index (χ3v) is 6.18. The molecule has 0 amide bonds. The highest BCUT2D eigenvalue weighted by Gasteiger charge is 2.26. The van der Waals surface area contributed by atoms with E-state index in [0.717, 1.165) is 33.7 Å². The van der Waals surface area contributed by atoms with Crippen molar-refractivity contribution >= 4 is 17.3 Å². The van der Waals surface area contributed by atoms with Gasteiger partial charge in [-0.05, 0) is 47.5 Å². The van der Waals surface area contributed by atoms with Gasteiger partial charge in [0.15, 0.2) is 5.65 Å². The van der Waals surface area contributed by atoms with E-state index in [1.54, 1.807) is 31.1 Å². The number of hydrogen-bond acceptors (Lipinski definition) is 7. The second-order valence-corrected chi connectivity index (χ2v) is 8.45. The lowest BCUT2D eigenvalue weighted by Crippen LogP contribution is -2.06. The van der Waals surface area contributed by atoms with E-state index >= 15 is 0 Å². The van der Waals surface area contributed by atoms with E-state index in [2.05, 4.69) is 15.3 Å². The number of pyridine rings is 2. The summed E-state index contributed by atoms with van der Waals surface area (Å²) in [5, 5.41) is 8.40. The number of benzene rings is 2. The zero-order chi connectivity index (χ0) is 25.9. The molecule has 4 heterocycles. The first kappa shape index (κ1) is 23.2. The van der Waals surface area contributed by atoms with Crippen molar-refractivity contribution < 1.29 is 9.47 Å². The molecular weight excluding hydrogens is 476 g/mol. The van der Waals surface area contributed by atoms with Gasteiger partial charge in [-0.25, -0.2) is 9.97 Å². The van der Waals surface area contributed by atoms with Gasteiger partial charge in [-0.2, -0.15) is 9.61 Å². The quantitative estimate of drug-likeness (QED) is 0.276. The van der Waals surface area contributed by atoms with Gasteiger partial charge in [-0.3, -0.25) is 4.98 Å². The van der Waals surface area contributed by atoms with Gasteiger partial charge in [-0.15, -0.1) is 0 Å². The van der Waals surface area contributed by atoms with Crippen LogP contribution in [0.2, 0.25) is 0 Å². The molecule has 0 atom stereocenters. The van der Waals surface area contributed by atoms with Crippen LogP contribution in [0.3, 0.4) is 0 Å². The second-order valence-electron chi connectivity index (χ2n) is 8.45. The highest BCUT2D eigenvalue weighted by molar-refractivity contribution is 5.93. The van der Waals surface area contributed by atoms with Crippen molar-refractivity contribution in [2.75, 3.05) is 19.5 Å². The summed E-state index contributed by atoms with van der Waals surface area (Å²) in [4.78, 5) is 14.2. The van der Waals surface area contributed by atoms with Crippen molar-refractivity contribution in [3.05, 3.63) is 103 Å². The number of fused-ring (bicyclic) bond motifs is 1. The minimum atomic E-state index is 0.526. The SMILES string of the molecule is COc1ccc(-c2c(Nc3ccccn3)nc3c(-c4ccccc4)c(-c4ccccn4)nn3c2OC)cc1. The lowest BCUT2D eigenvalue weighted by molar-refractivity contribution is 0.387. The maximum absolute atomic E-state index is 6.04. The van der Waals surface area contributed by atoms with Gasteiger partial charge in [0.2, 0.25) is 5.88 Å². The predicted molar refractivity (Wildman–Crippen MR) is 148 cm³/mol. The third-order valence-electron chi connectivity index (χ3n) is 6.18. The molecule has 0 aliphatic heterocycles. The van der Waals surface area contributed by atoms with Crippen LogP contribution in [0.25, 0.3) is 39.3 Å². The zero-order valence-corrected chi connectivity index (χ0v) is 20.9. The van der Waals surface area contributed by atoms with Crippen LogP contribution in [-0.2, 0) is 0 Å². The first-order valence-corrected chi connectivity index (χ1v) is 12.1. The molecule has 0 saturated heterocycles. The van der Waals surface area contributed by atoms with Crippen LogP contribution < -0.4 is 14.8 Å². The number of rotatable bonds is 7. The molecule has 4 aromatic heterocycles. The van der Waals surface area contributed by atoms with Crippen molar-refractivity contribution in [1.29, 1.82) is 0 Å². The zero-order valence-electron chi connectivity index (χ0n) is 20.9. The maximum atomic E-state index is 6.04. The number of anilines is 2. The van der Waals surface area contributed by atoms with E-state index in [0.29, 0.717) is 28.9 Å². The van der Waals surface area contributed by atoms with Gasteiger partial charge in [0.25, 0.3) is 0 Å². The Morgan fingerprint density at radius 3 is 2.05 bits per heavy atom. The van der Waals surface area contributed by atoms with Crippen LogP contribution in [0.1, 0.15) is 0 Å². The van der Waals surface area contributed by atoms with Crippen LogP contribution in [0.15, 0.2) is 103 Å². The molecule has 0 aliphatic rings. The summed E-state index contributed by atoms with van der Waals surface area (Å²) in [6.45, 7) is 0. The fourth-order valence-corrected chi connectivity index (χ4v) is 4.43.